The number of hydrogen-bond donors (Lipinski definition) is 1. The van der Waals surface area contributed by atoms with Crippen molar-refractivity contribution >= 4 is 5.69 Å². The molecule has 0 bridgehead atoms. The molecule has 1 aliphatic carbocycles. The first-order valence-electron chi connectivity index (χ1n) is 8.79. The number of likely N-dealkylation sites (tertiary alicyclic amines) is 1. The van der Waals surface area contributed by atoms with Gasteiger partial charge in [-0.3, -0.25) is 0 Å². The molecular weight excluding hydrogens is 272 g/mol. The summed E-state index contributed by atoms with van der Waals surface area (Å²) in [5.74, 6) is 1.50. The molecule has 22 heavy (non-hydrogen) atoms. The zero-order chi connectivity index (χ0) is 15.6. The van der Waals surface area contributed by atoms with E-state index in [1.165, 1.54) is 50.9 Å². The van der Waals surface area contributed by atoms with Crippen LogP contribution >= 0.6 is 0 Å². The predicted molar refractivity (Wildman–Crippen MR) is 92.0 cm³/mol. The molecule has 3 nitrogen and oxygen atoms in total. The summed E-state index contributed by atoms with van der Waals surface area (Å²) in [5, 5.41) is 0. The third-order valence-corrected chi connectivity index (χ3v) is 5.74. The summed E-state index contributed by atoms with van der Waals surface area (Å²) in [6, 6.07) is 8.45. The van der Waals surface area contributed by atoms with E-state index in [0.29, 0.717) is 0 Å². The third kappa shape index (κ3) is 2.77. The topological polar surface area (TPSA) is 38.5 Å². The van der Waals surface area contributed by atoms with Gasteiger partial charge in [-0.25, -0.2) is 0 Å². The fraction of sp³-hybridized carbons (Fsp3) is 0.684. The van der Waals surface area contributed by atoms with Crippen molar-refractivity contribution in [3.8, 4) is 0 Å². The fourth-order valence-electron chi connectivity index (χ4n) is 4.55. The lowest BCUT2D eigenvalue weighted by Crippen LogP contribution is -2.33. The van der Waals surface area contributed by atoms with E-state index >= 15 is 0 Å². The largest absolute Gasteiger partial charge is 0.399 e. The van der Waals surface area contributed by atoms with Crippen LogP contribution in [0.1, 0.15) is 38.2 Å². The van der Waals surface area contributed by atoms with Crippen molar-refractivity contribution in [3.05, 3.63) is 29.8 Å². The van der Waals surface area contributed by atoms with Crippen molar-refractivity contribution in [1.29, 1.82) is 0 Å². The number of anilines is 1. The Labute approximate surface area is 134 Å². The first kappa shape index (κ1) is 15.8. The number of piperidine rings is 1. The highest BCUT2D eigenvalue weighted by molar-refractivity contribution is 5.48. The van der Waals surface area contributed by atoms with Gasteiger partial charge in [-0.05, 0) is 42.5 Å². The molecule has 0 spiro atoms. The number of benzene rings is 1. The molecule has 0 amide bonds. The van der Waals surface area contributed by atoms with Crippen molar-refractivity contribution in [3.63, 3.8) is 0 Å². The molecule has 2 aliphatic rings. The summed E-state index contributed by atoms with van der Waals surface area (Å²) in [4.78, 5) is 2.66. The minimum absolute atomic E-state index is 0.226. The van der Waals surface area contributed by atoms with E-state index in [0.717, 1.165) is 24.1 Å². The summed E-state index contributed by atoms with van der Waals surface area (Å²) in [7, 11) is 1.82. The van der Waals surface area contributed by atoms with Crippen LogP contribution in [0.25, 0.3) is 0 Å². The van der Waals surface area contributed by atoms with E-state index in [1.807, 2.05) is 13.2 Å². The van der Waals surface area contributed by atoms with Crippen LogP contribution in [0.15, 0.2) is 24.3 Å². The third-order valence-electron chi connectivity index (χ3n) is 5.74. The second-order valence-corrected chi connectivity index (χ2v) is 7.13. The minimum Gasteiger partial charge on any atom is -0.399 e. The molecule has 2 N–H and O–H groups in total. The number of unbranched alkanes of at least 4 members (excludes halogenated alkanes) is 3. The van der Waals surface area contributed by atoms with Crippen LogP contribution in [-0.4, -0.2) is 38.3 Å². The van der Waals surface area contributed by atoms with Gasteiger partial charge in [-0.2, -0.15) is 0 Å². The van der Waals surface area contributed by atoms with Gasteiger partial charge in [0.15, 0.2) is 0 Å². The van der Waals surface area contributed by atoms with Crippen molar-refractivity contribution in [2.75, 3.05) is 39.1 Å². The molecule has 3 rings (SSSR count). The van der Waals surface area contributed by atoms with Crippen LogP contribution in [0.5, 0.6) is 0 Å². The quantitative estimate of drug-likeness (QED) is 0.591. The van der Waals surface area contributed by atoms with Crippen molar-refractivity contribution < 1.29 is 4.74 Å². The number of nitrogens with two attached hydrogens (primary N) is 1. The molecule has 1 saturated carbocycles. The standard InChI is InChI=1S/C19H30N2O/c1-3-4-5-6-10-21-12-17-18(13-21)19(17,14-22-2)15-8-7-9-16(20)11-15/h7-9,11,17-18H,3-6,10,12-14,20H2,1-2H3. The number of fused-ring (bicyclic) bond motifs is 1. The van der Waals surface area contributed by atoms with Crippen LogP contribution in [0.2, 0.25) is 0 Å². The molecule has 2 unspecified atom stereocenters. The Morgan fingerprint density at radius 3 is 2.64 bits per heavy atom. The monoisotopic (exact) mass is 302 g/mol. The van der Waals surface area contributed by atoms with Gasteiger partial charge < -0.3 is 15.4 Å². The lowest BCUT2D eigenvalue weighted by Gasteiger charge is -2.27. The predicted octanol–water partition coefficient (Wildman–Crippen LogP) is 3.29. The van der Waals surface area contributed by atoms with Crippen LogP contribution < -0.4 is 5.73 Å². The summed E-state index contributed by atoms with van der Waals surface area (Å²) < 4.78 is 5.59. The zero-order valence-electron chi connectivity index (χ0n) is 14.1. The fourth-order valence-corrected chi connectivity index (χ4v) is 4.55. The highest BCUT2D eigenvalue weighted by Crippen LogP contribution is 2.63. The molecular formula is C19H30N2O. The number of nitrogens with zero attached hydrogens (tertiary/aromatic N) is 1. The maximum atomic E-state index is 6.00. The summed E-state index contributed by atoms with van der Waals surface area (Å²) in [6.45, 7) is 6.84. The Kier molecular flexibility index (Phi) is 4.74. The maximum Gasteiger partial charge on any atom is 0.0565 e. The Morgan fingerprint density at radius 1 is 1.23 bits per heavy atom. The number of methoxy groups -OCH3 is 1. The molecule has 2 fully saturated rings. The van der Waals surface area contributed by atoms with E-state index in [2.05, 4.69) is 30.0 Å². The van der Waals surface area contributed by atoms with Gasteiger partial charge in [0.05, 0.1) is 6.61 Å². The van der Waals surface area contributed by atoms with E-state index < -0.39 is 0 Å². The summed E-state index contributed by atoms with van der Waals surface area (Å²) in [6.07, 6.45) is 5.42. The van der Waals surface area contributed by atoms with Gasteiger partial charge in [0, 0.05) is 31.3 Å². The van der Waals surface area contributed by atoms with Crippen LogP contribution in [0.4, 0.5) is 5.69 Å². The molecule has 1 saturated heterocycles. The molecule has 0 radical (unpaired) electrons. The Bertz CT molecular complexity index is 490. The van der Waals surface area contributed by atoms with Gasteiger partial charge in [-0.1, -0.05) is 38.3 Å². The lowest BCUT2D eigenvalue weighted by atomic mass is 9.90. The number of rotatable bonds is 8. The van der Waals surface area contributed by atoms with Crippen LogP contribution in [-0.2, 0) is 10.2 Å². The molecule has 1 aromatic rings. The maximum absolute atomic E-state index is 6.00. The Balaban J connectivity index is 1.61. The van der Waals surface area contributed by atoms with E-state index in [4.69, 9.17) is 10.5 Å². The number of ether oxygens (including phenoxy) is 1. The van der Waals surface area contributed by atoms with E-state index in [9.17, 15) is 0 Å². The van der Waals surface area contributed by atoms with Crippen molar-refractivity contribution in [2.24, 2.45) is 11.8 Å². The van der Waals surface area contributed by atoms with E-state index in [1.54, 1.807) is 0 Å². The lowest BCUT2D eigenvalue weighted by molar-refractivity contribution is 0.142. The van der Waals surface area contributed by atoms with Gasteiger partial charge >= 0.3 is 0 Å². The highest BCUT2D eigenvalue weighted by atomic mass is 16.5. The number of hydrogen-bond acceptors (Lipinski definition) is 3. The number of nitrogen functional groups attached to an aromatic ring is 1. The average Bonchev–Trinajstić information content (AvgIpc) is 2.90. The second kappa shape index (κ2) is 6.59. The Hall–Kier alpha value is -1.06. The first-order valence-corrected chi connectivity index (χ1v) is 8.79. The van der Waals surface area contributed by atoms with Gasteiger partial charge in [0.1, 0.15) is 0 Å². The molecule has 0 aromatic heterocycles. The molecule has 122 valence electrons. The van der Waals surface area contributed by atoms with Crippen molar-refractivity contribution in [2.45, 2.75) is 38.0 Å². The van der Waals surface area contributed by atoms with Gasteiger partial charge in [0.25, 0.3) is 0 Å². The van der Waals surface area contributed by atoms with Crippen molar-refractivity contribution in [1.82, 2.24) is 4.90 Å². The highest BCUT2D eigenvalue weighted by Gasteiger charge is 2.68. The first-order chi connectivity index (χ1) is 10.7. The van der Waals surface area contributed by atoms with Crippen LogP contribution in [0.3, 0.4) is 0 Å². The molecule has 1 aliphatic heterocycles. The smallest absolute Gasteiger partial charge is 0.0565 e. The molecule has 2 atom stereocenters. The molecule has 1 heterocycles. The molecule has 3 heteroatoms. The van der Waals surface area contributed by atoms with Gasteiger partial charge in [-0.15, -0.1) is 0 Å². The Morgan fingerprint density at radius 2 is 2.00 bits per heavy atom. The summed E-state index contributed by atoms with van der Waals surface area (Å²) >= 11 is 0. The molecule has 1 aromatic carbocycles. The zero-order valence-corrected chi connectivity index (χ0v) is 14.1. The van der Waals surface area contributed by atoms with Crippen LogP contribution in [0, 0.1) is 11.8 Å². The summed E-state index contributed by atoms with van der Waals surface area (Å²) in [5.41, 5.74) is 8.48. The normalized spacial score (nSPS) is 30.5. The minimum atomic E-state index is 0.226. The second-order valence-electron chi connectivity index (χ2n) is 7.13. The average molecular weight is 302 g/mol. The SMILES string of the molecule is CCCCCCN1CC2C(C1)C2(COC)c1cccc(N)c1. The van der Waals surface area contributed by atoms with E-state index in [-0.39, 0.29) is 5.41 Å². The van der Waals surface area contributed by atoms with Gasteiger partial charge in [0.2, 0.25) is 0 Å².